The van der Waals surface area contributed by atoms with Gasteiger partial charge in [0.05, 0.1) is 18.2 Å². The Morgan fingerprint density at radius 3 is 2.31 bits per heavy atom. The molecule has 90 valence electrons. The second kappa shape index (κ2) is 4.52. The SMILES string of the molecule is COc1ncc(C(F)(F)F)c(Br)c1C(F)F. The summed E-state index contributed by atoms with van der Waals surface area (Å²) in [6, 6.07) is 0. The van der Waals surface area contributed by atoms with Crippen LogP contribution in [0.4, 0.5) is 22.0 Å². The Bertz CT molecular complexity index is 393. The van der Waals surface area contributed by atoms with Crippen molar-refractivity contribution in [3.05, 3.63) is 21.8 Å². The van der Waals surface area contributed by atoms with Gasteiger partial charge in [-0.25, -0.2) is 13.8 Å². The Morgan fingerprint density at radius 1 is 1.38 bits per heavy atom. The summed E-state index contributed by atoms with van der Waals surface area (Å²) in [5, 5.41) is 0. The van der Waals surface area contributed by atoms with Gasteiger partial charge in [-0.2, -0.15) is 13.2 Å². The molecule has 0 saturated carbocycles. The molecular weight excluding hydrogens is 301 g/mol. The molecule has 0 saturated heterocycles. The second-order valence-corrected chi connectivity index (χ2v) is 3.50. The van der Waals surface area contributed by atoms with E-state index in [0.717, 1.165) is 7.11 Å². The number of nitrogens with zero attached hydrogens (tertiary/aromatic N) is 1. The topological polar surface area (TPSA) is 22.1 Å². The Morgan fingerprint density at radius 2 is 1.94 bits per heavy atom. The number of alkyl halides is 5. The van der Waals surface area contributed by atoms with Crippen LogP contribution in [-0.4, -0.2) is 12.1 Å². The monoisotopic (exact) mass is 305 g/mol. The smallest absolute Gasteiger partial charge is 0.418 e. The van der Waals surface area contributed by atoms with E-state index in [-0.39, 0.29) is 0 Å². The summed E-state index contributed by atoms with van der Waals surface area (Å²) in [7, 11) is 1.05. The molecule has 0 aromatic carbocycles. The van der Waals surface area contributed by atoms with Gasteiger partial charge < -0.3 is 4.74 Å². The Hall–Kier alpha value is -0.920. The van der Waals surface area contributed by atoms with Crippen LogP contribution in [0.5, 0.6) is 5.88 Å². The van der Waals surface area contributed by atoms with Gasteiger partial charge in [-0.15, -0.1) is 0 Å². The summed E-state index contributed by atoms with van der Waals surface area (Å²) < 4.78 is 65.9. The number of aromatic nitrogens is 1. The maximum absolute atomic E-state index is 12.5. The van der Waals surface area contributed by atoms with E-state index in [1.807, 2.05) is 0 Å². The van der Waals surface area contributed by atoms with Crippen LogP contribution >= 0.6 is 15.9 Å². The average Bonchev–Trinajstić information content (AvgIpc) is 2.14. The van der Waals surface area contributed by atoms with Gasteiger partial charge in [-0.1, -0.05) is 0 Å². The zero-order chi connectivity index (χ0) is 12.5. The number of hydrogen-bond acceptors (Lipinski definition) is 2. The van der Waals surface area contributed by atoms with Crippen molar-refractivity contribution in [3.8, 4) is 5.88 Å². The molecule has 0 spiro atoms. The predicted molar refractivity (Wildman–Crippen MR) is 48.4 cm³/mol. The van der Waals surface area contributed by atoms with E-state index in [1.165, 1.54) is 0 Å². The van der Waals surface area contributed by atoms with Gasteiger partial charge >= 0.3 is 6.18 Å². The second-order valence-electron chi connectivity index (χ2n) is 2.71. The van der Waals surface area contributed by atoms with Gasteiger partial charge in [0, 0.05) is 10.7 Å². The quantitative estimate of drug-likeness (QED) is 0.775. The fourth-order valence-corrected chi connectivity index (χ4v) is 1.71. The molecule has 16 heavy (non-hydrogen) atoms. The van der Waals surface area contributed by atoms with E-state index in [4.69, 9.17) is 0 Å². The van der Waals surface area contributed by atoms with Gasteiger partial charge in [0.2, 0.25) is 5.88 Å². The fourth-order valence-electron chi connectivity index (χ4n) is 1.04. The molecule has 8 heteroatoms. The predicted octanol–water partition coefficient (Wildman–Crippen LogP) is 3.81. The zero-order valence-electron chi connectivity index (χ0n) is 7.78. The number of halogens is 6. The van der Waals surface area contributed by atoms with Crippen molar-refractivity contribution in [2.45, 2.75) is 12.6 Å². The van der Waals surface area contributed by atoms with E-state index in [1.54, 1.807) is 0 Å². The van der Waals surface area contributed by atoms with Crippen LogP contribution in [0, 0.1) is 0 Å². The fraction of sp³-hybridized carbons (Fsp3) is 0.375. The maximum atomic E-state index is 12.5. The van der Waals surface area contributed by atoms with Gasteiger partial charge in [0.1, 0.15) is 0 Å². The number of rotatable bonds is 2. The van der Waals surface area contributed by atoms with Crippen LogP contribution in [-0.2, 0) is 6.18 Å². The molecule has 0 amide bonds. The molecule has 0 fully saturated rings. The molecule has 1 aromatic heterocycles. The molecule has 0 radical (unpaired) electrons. The highest BCUT2D eigenvalue weighted by molar-refractivity contribution is 9.10. The van der Waals surface area contributed by atoms with Crippen molar-refractivity contribution >= 4 is 15.9 Å². The van der Waals surface area contributed by atoms with Crippen molar-refractivity contribution in [1.82, 2.24) is 4.98 Å². The highest BCUT2D eigenvalue weighted by atomic mass is 79.9. The average molecular weight is 306 g/mol. The van der Waals surface area contributed by atoms with E-state index < -0.39 is 34.1 Å². The lowest BCUT2D eigenvalue weighted by Gasteiger charge is -2.14. The minimum Gasteiger partial charge on any atom is -0.481 e. The molecule has 0 bridgehead atoms. The summed E-state index contributed by atoms with van der Waals surface area (Å²) in [6.45, 7) is 0. The molecule has 1 heterocycles. The molecule has 0 atom stereocenters. The third-order valence-electron chi connectivity index (χ3n) is 1.73. The minimum absolute atomic E-state index is 0.439. The maximum Gasteiger partial charge on any atom is 0.418 e. The molecule has 1 rings (SSSR count). The van der Waals surface area contributed by atoms with Crippen LogP contribution in [0.25, 0.3) is 0 Å². The first-order valence-electron chi connectivity index (χ1n) is 3.86. The minimum atomic E-state index is -4.75. The summed E-state index contributed by atoms with van der Waals surface area (Å²) in [6.07, 6.45) is -7.42. The van der Waals surface area contributed by atoms with Crippen LogP contribution in [0.15, 0.2) is 10.7 Å². The molecule has 0 unspecified atom stereocenters. The van der Waals surface area contributed by atoms with E-state index >= 15 is 0 Å². The lowest BCUT2D eigenvalue weighted by Crippen LogP contribution is -2.10. The third kappa shape index (κ3) is 2.42. The third-order valence-corrected chi connectivity index (χ3v) is 2.59. The van der Waals surface area contributed by atoms with Gasteiger partial charge in [-0.05, 0) is 15.9 Å². The highest BCUT2D eigenvalue weighted by Gasteiger charge is 2.36. The molecular formula is C8H5BrF5NO. The standard InChI is InChI=1S/C8H5BrF5NO/c1-16-7-4(6(10)11)5(9)3(2-15-7)8(12,13)14/h2,6H,1H3. The summed E-state index contributed by atoms with van der Waals surface area (Å²) in [4.78, 5) is 3.19. The summed E-state index contributed by atoms with van der Waals surface area (Å²) in [5.41, 5.74) is -2.17. The van der Waals surface area contributed by atoms with Gasteiger partial charge in [0.25, 0.3) is 6.43 Å². The zero-order valence-corrected chi connectivity index (χ0v) is 9.36. The first-order valence-corrected chi connectivity index (χ1v) is 4.66. The van der Waals surface area contributed by atoms with E-state index in [0.29, 0.717) is 6.20 Å². The molecule has 0 N–H and O–H groups in total. The van der Waals surface area contributed by atoms with E-state index in [2.05, 4.69) is 25.7 Å². The van der Waals surface area contributed by atoms with Crippen molar-refractivity contribution in [2.75, 3.05) is 7.11 Å². The lowest BCUT2D eigenvalue weighted by atomic mass is 10.2. The summed E-state index contributed by atoms with van der Waals surface area (Å²) in [5.74, 6) is -0.533. The van der Waals surface area contributed by atoms with Gasteiger partial charge in [0.15, 0.2) is 0 Å². The van der Waals surface area contributed by atoms with Crippen LogP contribution in [0.3, 0.4) is 0 Å². The molecule has 2 nitrogen and oxygen atoms in total. The Kier molecular flexibility index (Phi) is 3.72. The van der Waals surface area contributed by atoms with Crippen molar-refractivity contribution in [3.63, 3.8) is 0 Å². The van der Waals surface area contributed by atoms with Gasteiger partial charge in [-0.3, -0.25) is 0 Å². The van der Waals surface area contributed by atoms with Crippen LogP contribution in [0.2, 0.25) is 0 Å². The number of ether oxygens (including phenoxy) is 1. The number of methoxy groups -OCH3 is 1. The van der Waals surface area contributed by atoms with Crippen molar-refractivity contribution in [2.24, 2.45) is 0 Å². The molecule has 0 aliphatic rings. The number of pyridine rings is 1. The highest BCUT2D eigenvalue weighted by Crippen LogP contribution is 2.42. The Labute approximate surface area is 95.6 Å². The van der Waals surface area contributed by atoms with Crippen molar-refractivity contribution < 1.29 is 26.7 Å². The first-order chi connectivity index (χ1) is 7.29. The Balaban J connectivity index is 3.44. The van der Waals surface area contributed by atoms with Crippen LogP contribution in [0.1, 0.15) is 17.6 Å². The summed E-state index contributed by atoms with van der Waals surface area (Å²) >= 11 is 2.49. The van der Waals surface area contributed by atoms with Crippen molar-refractivity contribution in [1.29, 1.82) is 0 Å². The largest absolute Gasteiger partial charge is 0.481 e. The molecule has 1 aromatic rings. The number of hydrogen-bond donors (Lipinski definition) is 0. The van der Waals surface area contributed by atoms with E-state index in [9.17, 15) is 22.0 Å². The normalized spacial score (nSPS) is 12.0. The van der Waals surface area contributed by atoms with Crippen LogP contribution < -0.4 is 4.74 Å². The molecule has 0 aliphatic carbocycles. The lowest BCUT2D eigenvalue weighted by molar-refractivity contribution is -0.138. The first kappa shape index (κ1) is 13.1. The molecule has 0 aliphatic heterocycles.